The van der Waals surface area contributed by atoms with Crippen LogP contribution in [0.4, 0.5) is 5.82 Å². The maximum Gasteiger partial charge on any atom is 0.259 e. The van der Waals surface area contributed by atoms with Gasteiger partial charge in [0.2, 0.25) is 0 Å². The molecule has 6 heteroatoms. The second kappa shape index (κ2) is 5.73. The predicted octanol–water partition coefficient (Wildman–Crippen LogP) is 1.37. The molecule has 0 spiro atoms. The highest BCUT2D eigenvalue weighted by atomic mass is 16.2. The highest BCUT2D eigenvalue weighted by Crippen LogP contribution is 2.14. The standard InChI is InChI=1S/C14H19N5O/c1-4-19(9-11-7-5-6-10(2)17-11)14(20)12-8-16-18(3)13(12)15/h5-8H,4,9,15H2,1-3H3. The van der Waals surface area contributed by atoms with Crippen molar-refractivity contribution in [3.8, 4) is 0 Å². The van der Waals surface area contributed by atoms with Crippen molar-refractivity contribution in [2.75, 3.05) is 12.3 Å². The second-order valence-electron chi connectivity index (χ2n) is 4.66. The zero-order valence-corrected chi connectivity index (χ0v) is 12.0. The molecule has 2 N–H and O–H groups in total. The molecular formula is C14H19N5O. The molecule has 6 nitrogen and oxygen atoms in total. The summed E-state index contributed by atoms with van der Waals surface area (Å²) in [5, 5.41) is 4.00. The first kappa shape index (κ1) is 14.0. The van der Waals surface area contributed by atoms with Crippen LogP contribution in [0.3, 0.4) is 0 Å². The lowest BCUT2D eigenvalue weighted by Crippen LogP contribution is -2.31. The highest BCUT2D eigenvalue weighted by molar-refractivity contribution is 5.98. The van der Waals surface area contributed by atoms with Crippen molar-refractivity contribution in [2.24, 2.45) is 7.05 Å². The van der Waals surface area contributed by atoms with Gasteiger partial charge < -0.3 is 10.6 Å². The van der Waals surface area contributed by atoms with Gasteiger partial charge in [0, 0.05) is 19.3 Å². The van der Waals surface area contributed by atoms with Gasteiger partial charge in [-0.1, -0.05) is 6.07 Å². The van der Waals surface area contributed by atoms with Crippen molar-refractivity contribution in [1.29, 1.82) is 0 Å². The van der Waals surface area contributed by atoms with Crippen molar-refractivity contribution in [1.82, 2.24) is 19.7 Å². The van der Waals surface area contributed by atoms with Gasteiger partial charge in [-0.2, -0.15) is 5.10 Å². The van der Waals surface area contributed by atoms with Gasteiger partial charge in [-0.3, -0.25) is 14.5 Å². The SMILES string of the molecule is CCN(Cc1cccc(C)n1)C(=O)c1cnn(C)c1N. The zero-order valence-electron chi connectivity index (χ0n) is 12.0. The molecule has 0 saturated carbocycles. The summed E-state index contributed by atoms with van der Waals surface area (Å²) in [6.45, 7) is 4.91. The molecule has 2 heterocycles. The number of aromatic nitrogens is 3. The number of hydrogen-bond donors (Lipinski definition) is 1. The van der Waals surface area contributed by atoms with Crippen LogP contribution in [-0.2, 0) is 13.6 Å². The topological polar surface area (TPSA) is 77.0 Å². The number of rotatable bonds is 4. The smallest absolute Gasteiger partial charge is 0.259 e. The molecule has 0 radical (unpaired) electrons. The highest BCUT2D eigenvalue weighted by Gasteiger charge is 2.20. The fourth-order valence-corrected chi connectivity index (χ4v) is 1.99. The third kappa shape index (κ3) is 2.79. The van der Waals surface area contributed by atoms with E-state index >= 15 is 0 Å². The van der Waals surface area contributed by atoms with Crippen LogP contribution in [0.15, 0.2) is 24.4 Å². The molecule has 0 atom stereocenters. The molecule has 0 aromatic carbocycles. The number of aryl methyl sites for hydroxylation is 2. The molecule has 2 rings (SSSR count). The van der Waals surface area contributed by atoms with Crippen LogP contribution in [0.5, 0.6) is 0 Å². The average Bonchev–Trinajstić information content (AvgIpc) is 2.76. The Morgan fingerprint density at radius 1 is 1.45 bits per heavy atom. The number of anilines is 1. The normalized spacial score (nSPS) is 10.6. The van der Waals surface area contributed by atoms with Gasteiger partial charge in [-0.05, 0) is 26.0 Å². The Bertz CT molecular complexity index is 620. The Morgan fingerprint density at radius 3 is 2.75 bits per heavy atom. The van der Waals surface area contributed by atoms with E-state index in [0.29, 0.717) is 24.5 Å². The van der Waals surface area contributed by atoms with Crippen molar-refractivity contribution < 1.29 is 4.79 Å². The molecule has 2 aromatic rings. The minimum Gasteiger partial charge on any atom is -0.383 e. The first-order valence-corrected chi connectivity index (χ1v) is 6.52. The number of pyridine rings is 1. The lowest BCUT2D eigenvalue weighted by Gasteiger charge is -2.20. The minimum atomic E-state index is -0.124. The lowest BCUT2D eigenvalue weighted by atomic mass is 10.2. The van der Waals surface area contributed by atoms with E-state index < -0.39 is 0 Å². The summed E-state index contributed by atoms with van der Waals surface area (Å²) in [7, 11) is 1.71. The summed E-state index contributed by atoms with van der Waals surface area (Å²) >= 11 is 0. The maximum atomic E-state index is 12.5. The number of nitrogens with two attached hydrogens (primary N) is 1. The fourth-order valence-electron chi connectivity index (χ4n) is 1.99. The molecule has 0 bridgehead atoms. The molecule has 0 aliphatic heterocycles. The van der Waals surface area contributed by atoms with E-state index in [0.717, 1.165) is 11.4 Å². The van der Waals surface area contributed by atoms with Crippen LogP contribution in [0.1, 0.15) is 28.7 Å². The fraction of sp³-hybridized carbons (Fsp3) is 0.357. The molecule has 0 aliphatic carbocycles. The monoisotopic (exact) mass is 273 g/mol. The van der Waals surface area contributed by atoms with Crippen LogP contribution < -0.4 is 5.73 Å². The van der Waals surface area contributed by atoms with Crippen molar-refractivity contribution in [2.45, 2.75) is 20.4 Å². The molecule has 106 valence electrons. The Morgan fingerprint density at radius 2 is 2.20 bits per heavy atom. The Balaban J connectivity index is 2.20. The second-order valence-corrected chi connectivity index (χ2v) is 4.66. The summed E-state index contributed by atoms with van der Waals surface area (Å²) < 4.78 is 1.49. The summed E-state index contributed by atoms with van der Waals surface area (Å²) in [6.07, 6.45) is 1.50. The first-order chi connectivity index (χ1) is 9.52. The molecule has 2 aromatic heterocycles. The third-order valence-electron chi connectivity index (χ3n) is 3.18. The van der Waals surface area contributed by atoms with Crippen molar-refractivity contribution >= 4 is 11.7 Å². The quantitative estimate of drug-likeness (QED) is 0.912. The van der Waals surface area contributed by atoms with Gasteiger partial charge >= 0.3 is 0 Å². The molecule has 0 unspecified atom stereocenters. The van der Waals surface area contributed by atoms with Crippen LogP contribution >= 0.6 is 0 Å². The van der Waals surface area contributed by atoms with Gasteiger partial charge in [0.25, 0.3) is 5.91 Å². The van der Waals surface area contributed by atoms with Gasteiger partial charge in [-0.15, -0.1) is 0 Å². The number of carbonyl (C=O) groups is 1. The molecule has 20 heavy (non-hydrogen) atoms. The van der Waals surface area contributed by atoms with E-state index in [1.807, 2.05) is 32.0 Å². The Labute approximate surface area is 118 Å². The minimum absolute atomic E-state index is 0.124. The summed E-state index contributed by atoms with van der Waals surface area (Å²) in [5.41, 5.74) is 8.08. The molecule has 0 saturated heterocycles. The van der Waals surface area contributed by atoms with E-state index in [4.69, 9.17) is 5.73 Å². The third-order valence-corrected chi connectivity index (χ3v) is 3.18. The Hall–Kier alpha value is -2.37. The maximum absolute atomic E-state index is 12.5. The summed E-state index contributed by atoms with van der Waals surface area (Å²) in [5.74, 6) is 0.257. The van der Waals surface area contributed by atoms with Crippen LogP contribution in [0, 0.1) is 6.92 Å². The van der Waals surface area contributed by atoms with E-state index in [2.05, 4.69) is 10.1 Å². The molecule has 1 amide bonds. The molecule has 0 aliphatic rings. The van der Waals surface area contributed by atoms with E-state index in [9.17, 15) is 4.79 Å². The van der Waals surface area contributed by atoms with Gasteiger partial charge in [-0.25, -0.2) is 0 Å². The van der Waals surface area contributed by atoms with Gasteiger partial charge in [0.1, 0.15) is 11.4 Å². The van der Waals surface area contributed by atoms with Crippen LogP contribution in [-0.4, -0.2) is 32.1 Å². The van der Waals surface area contributed by atoms with E-state index in [-0.39, 0.29) is 5.91 Å². The Kier molecular flexibility index (Phi) is 4.02. The van der Waals surface area contributed by atoms with Gasteiger partial charge in [0.15, 0.2) is 0 Å². The number of carbonyl (C=O) groups excluding carboxylic acids is 1. The van der Waals surface area contributed by atoms with Crippen molar-refractivity contribution in [3.05, 3.63) is 41.3 Å². The largest absolute Gasteiger partial charge is 0.383 e. The number of amides is 1. The zero-order chi connectivity index (χ0) is 14.7. The number of hydrogen-bond acceptors (Lipinski definition) is 4. The van der Waals surface area contributed by atoms with Crippen LogP contribution in [0.2, 0.25) is 0 Å². The van der Waals surface area contributed by atoms with Crippen molar-refractivity contribution in [3.63, 3.8) is 0 Å². The molecular weight excluding hydrogens is 254 g/mol. The molecule has 0 fully saturated rings. The lowest BCUT2D eigenvalue weighted by molar-refractivity contribution is 0.0751. The van der Waals surface area contributed by atoms with Gasteiger partial charge in [0.05, 0.1) is 18.4 Å². The number of nitrogen functional groups attached to an aromatic ring is 1. The van der Waals surface area contributed by atoms with E-state index in [1.54, 1.807) is 11.9 Å². The predicted molar refractivity (Wildman–Crippen MR) is 77.0 cm³/mol. The summed E-state index contributed by atoms with van der Waals surface area (Å²) in [4.78, 5) is 18.6. The van der Waals surface area contributed by atoms with E-state index in [1.165, 1.54) is 10.9 Å². The first-order valence-electron chi connectivity index (χ1n) is 6.52. The van der Waals surface area contributed by atoms with Crippen LogP contribution in [0.25, 0.3) is 0 Å². The summed E-state index contributed by atoms with van der Waals surface area (Å²) in [6, 6.07) is 5.78. The number of nitrogens with zero attached hydrogens (tertiary/aromatic N) is 4. The average molecular weight is 273 g/mol.